The van der Waals surface area contributed by atoms with Gasteiger partial charge in [-0.05, 0) is 41.7 Å². The largest absolute Gasteiger partial charge is 0.543 e. The quantitative estimate of drug-likeness (QED) is 0.569. The second-order valence-corrected chi connectivity index (χ2v) is 13.6. The van der Waals surface area contributed by atoms with E-state index in [4.69, 9.17) is 9.16 Å². The maximum Gasteiger partial charge on any atom is 0.328 e. The van der Waals surface area contributed by atoms with E-state index in [1.165, 1.54) is 7.11 Å². The van der Waals surface area contributed by atoms with Crippen molar-refractivity contribution in [1.82, 2.24) is 4.90 Å². The van der Waals surface area contributed by atoms with Crippen molar-refractivity contribution in [2.75, 3.05) is 7.11 Å². The normalized spacial score (nSPS) is 15.9. The van der Waals surface area contributed by atoms with Crippen molar-refractivity contribution >= 4 is 20.2 Å². The average molecular weight is 378 g/mol. The summed E-state index contributed by atoms with van der Waals surface area (Å²) >= 11 is 0. The van der Waals surface area contributed by atoms with Crippen LogP contribution < -0.4 is 4.43 Å². The molecule has 1 aliphatic heterocycles. The van der Waals surface area contributed by atoms with Crippen LogP contribution in [0.15, 0.2) is 18.2 Å². The summed E-state index contributed by atoms with van der Waals surface area (Å²) in [6.07, 6.45) is 0. The van der Waals surface area contributed by atoms with Gasteiger partial charge in [0.15, 0.2) is 0 Å². The van der Waals surface area contributed by atoms with Crippen LogP contribution in [0.5, 0.6) is 5.75 Å². The summed E-state index contributed by atoms with van der Waals surface area (Å²) in [6.45, 7) is 15.2. The lowest BCUT2D eigenvalue weighted by Crippen LogP contribution is -2.45. The van der Waals surface area contributed by atoms with Gasteiger partial charge in [-0.1, -0.05) is 40.7 Å². The molecule has 0 bridgehead atoms. The fourth-order valence-corrected chi connectivity index (χ4v) is 3.94. The molecule has 0 aromatic heterocycles. The predicted octanol–water partition coefficient (Wildman–Crippen LogP) is 4.22. The molecule has 0 radical (unpaired) electrons. The minimum absolute atomic E-state index is 0.0244. The molecular formula is C20H31NO4Si. The van der Waals surface area contributed by atoms with E-state index in [9.17, 15) is 9.59 Å². The summed E-state index contributed by atoms with van der Waals surface area (Å²) in [5.74, 6) is 0.192. The van der Waals surface area contributed by atoms with E-state index in [2.05, 4.69) is 33.9 Å². The third kappa shape index (κ3) is 3.80. The van der Waals surface area contributed by atoms with E-state index in [0.717, 1.165) is 11.3 Å². The number of methoxy groups -OCH3 is 1. The molecule has 0 saturated heterocycles. The van der Waals surface area contributed by atoms with Gasteiger partial charge in [0.25, 0.3) is 5.91 Å². The van der Waals surface area contributed by atoms with E-state index in [1.807, 2.05) is 32.0 Å². The number of ether oxygens (including phenoxy) is 1. The highest BCUT2D eigenvalue weighted by Crippen LogP contribution is 2.38. The van der Waals surface area contributed by atoms with Gasteiger partial charge in [-0.15, -0.1) is 0 Å². The maximum atomic E-state index is 13.0. The zero-order valence-electron chi connectivity index (χ0n) is 17.2. The Hall–Kier alpha value is -1.82. The summed E-state index contributed by atoms with van der Waals surface area (Å²) in [7, 11) is -0.622. The van der Waals surface area contributed by atoms with Crippen LogP contribution in [0, 0.1) is 5.92 Å². The summed E-state index contributed by atoms with van der Waals surface area (Å²) < 4.78 is 11.2. The Labute approximate surface area is 157 Å². The monoisotopic (exact) mass is 377 g/mol. The second-order valence-electron chi connectivity index (χ2n) is 8.83. The number of rotatable bonds is 5. The van der Waals surface area contributed by atoms with Crippen molar-refractivity contribution < 1.29 is 18.8 Å². The Bertz CT molecular complexity index is 706. The van der Waals surface area contributed by atoms with Gasteiger partial charge < -0.3 is 14.1 Å². The molecule has 0 aliphatic carbocycles. The molecule has 1 heterocycles. The lowest BCUT2D eigenvalue weighted by Gasteiger charge is -2.36. The minimum atomic E-state index is -1.98. The Morgan fingerprint density at radius 3 is 2.35 bits per heavy atom. The maximum absolute atomic E-state index is 13.0. The van der Waals surface area contributed by atoms with E-state index in [0.29, 0.717) is 12.1 Å². The molecule has 26 heavy (non-hydrogen) atoms. The molecule has 1 aromatic carbocycles. The molecule has 1 aliphatic rings. The third-order valence-electron chi connectivity index (χ3n) is 5.50. The standard InChI is InChI=1S/C20H31NO4Si/c1-13(2)17(19(23)24-6)21-12-14-9-10-15(11-16(14)18(21)22)25-26(7,8)20(3,4)5/h9-11,13,17H,12H2,1-8H3/t17-/m0/s1. The third-order valence-corrected chi connectivity index (χ3v) is 9.86. The van der Waals surface area contributed by atoms with Crippen molar-refractivity contribution in [1.29, 1.82) is 0 Å². The number of carbonyl (C=O) groups excluding carboxylic acids is 2. The van der Waals surface area contributed by atoms with Gasteiger partial charge in [0.1, 0.15) is 11.8 Å². The number of hydrogen-bond acceptors (Lipinski definition) is 4. The van der Waals surface area contributed by atoms with Crippen molar-refractivity contribution in [2.45, 2.75) is 65.3 Å². The summed E-state index contributed by atoms with van der Waals surface area (Å²) in [5, 5.41) is 0.0790. The van der Waals surface area contributed by atoms with Crippen molar-refractivity contribution in [3.63, 3.8) is 0 Å². The topological polar surface area (TPSA) is 55.8 Å². The molecule has 2 rings (SSSR count). The highest BCUT2D eigenvalue weighted by atomic mass is 28.4. The predicted molar refractivity (Wildman–Crippen MR) is 105 cm³/mol. The number of hydrogen-bond donors (Lipinski definition) is 0. The van der Waals surface area contributed by atoms with Gasteiger partial charge in [0.05, 0.1) is 7.11 Å². The lowest BCUT2D eigenvalue weighted by atomic mass is 10.0. The molecule has 0 saturated carbocycles. The number of carbonyl (C=O) groups is 2. The van der Waals surface area contributed by atoms with Gasteiger partial charge >= 0.3 is 5.97 Å². The Morgan fingerprint density at radius 1 is 1.23 bits per heavy atom. The van der Waals surface area contributed by atoms with Gasteiger partial charge in [-0.3, -0.25) is 4.79 Å². The first-order valence-corrected chi connectivity index (χ1v) is 12.0. The van der Waals surface area contributed by atoms with Crippen LogP contribution in [0.3, 0.4) is 0 Å². The Balaban J connectivity index is 2.30. The van der Waals surface area contributed by atoms with Crippen LogP contribution in [-0.4, -0.2) is 38.2 Å². The van der Waals surface area contributed by atoms with Crippen molar-refractivity contribution in [3.05, 3.63) is 29.3 Å². The average Bonchev–Trinajstić information content (AvgIpc) is 2.82. The number of fused-ring (bicyclic) bond motifs is 1. The van der Waals surface area contributed by atoms with Crippen LogP contribution in [-0.2, 0) is 16.1 Å². The first-order valence-electron chi connectivity index (χ1n) is 9.10. The fourth-order valence-electron chi connectivity index (χ4n) is 2.92. The van der Waals surface area contributed by atoms with Crippen LogP contribution in [0.25, 0.3) is 0 Å². The first-order chi connectivity index (χ1) is 11.9. The lowest BCUT2D eigenvalue weighted by molar-refractivity contribution is -0.147. The van der Waals surface area contributed by atoms with E-state index < -0.39 is 14.4 Å². The Kier molecular flexibility index (Phi) is 5.56. The first kappa shape index (κ1) is 20.5. The summed E-state index contributed by atoms with van der Waals surface area (Å²) in [5.41, 5.74) is 1.54. The minimum Gasteiger partial charge on any atom is -0.543 e. The van der Waals surface area contributed by atoms with Crippen LogP contribution in [0.2, 0.25) is 18.1 Å². The SMILES string of the molecule is COC(=O)[C@H](C(C)C)N1Cc2ccc(O[Si](C)(C)C(C)(C)C)cc2C1=O. The van der Waals surface area contributed by atoms with Gasteiger partial charge in [-0.2, -0.15) is 0 Å². The van der Waals surface area contributed by atoms with E-state index in [-0.39, 0.29) is 22.8 Å². The molecule has 0 fully saturated rings. The summed E-state index contributed by atoms with van der Waals surface area (Å²) in [4.78, 5) is 26.7. The van der Waals surface area contributed by atoms with Crippen molar-refractivity contribution in [3.8, 4) is 5.75 Å². The highest BCUT2D eigenvalue weighted by molar-refractivity contribution is 6.74. The molecular weight excluding hydrogens is 346 g/mol. The van der Waals surface area contributed by atoms with Gasteiger partial charge in [-0.25, -0.2) is 4.79 Å². The number of amides is 1. The van der Waals surface area contributed by atoms with Crippen LogP contribution >= 0.6 is 0 Å². The Morgan fingerprint density at radius 2 is 1.85 bits per heavy atom. The van der Waals surface area contributed by atoms with Gasteiger partial charge in [0.2, 0.25) is 8.32 Å². The zero-order valence-corrected chi connectivity index (χ0v) is 18.2. The number of esters is 1. The number of nitrogens with zero attached hydrogens (tertiary/aromatic N) is 1. The molecule has 1 aromatic rings. The second kappa shape index (κ2) is 7.06. The molecule has 6 heteroatoms. The van der Waals surface area contributed by atoms with Gasteiger partial charge in [0, 0.05) is 12.1 Å². The molecule has 0 unspecified atom stereocenters. The van der Waals surface area contributed by atoms with E-state index in [1.54, 1.807) is 4.90 Å². The molecule has 5 nitrogen and oxygen atoms in total. The zero-order chi connectivity index (χ0) is 19.9. The molecule has 1 atom stereocenters. The highest BCUT2D eigenvalue weighted by Gasteiger charge is 2.41. The summed E-state index contributed by atoms with van der Waals surface area (Å²) in [6, 6.07) is 5.11. The molecule has 0 spiro atoms. The smallest absolute Gasteiger partial charge is 0.328 e. The van der Waals surface area contributed by atoms with Crippen LogP contribution in [0.1, 0.15) is 50.5 Å². The number of benzene rings is 1. The molecule has 1 amide bonds. The molecule has 144 valence electrons. The fraction of sp³-hybridized carbons (Fsp3) is 0.600. The van der Waals surface area contributed by atoms with Crippen LogP contribution in [0.4, 0.5) is 0 Å². The van der Waals surface area contributed by atoms with Crippen molar-refractivity contribution in [2.24, 2.45) is 5.92 Å². The van der Waals surface area contributed by atoms with E-state index >= 15 is 0 Å². The molecule has 0 N–H and O–H groups in total.